The number of rotatable bonds is 6. The lowest BCUT2D eigenvalue weighted by molar-refractivity contribution is 0.324. The van der Waals surface area contributed by atoms with Gasteiger partial charge in [-0.1, -0.05) is 0 Å². The maximum absolute atomic E-state index is 5.60. The monoisotopic (exact) mass is 262 g/mol. The van der Waals surface area contributed by atoms with E-state index in [2.05, 4.69) is 20.4 Å². The summed E-state index contributed by atoms with van der Waals surface area (Å²) >= 11 is 0. The molecule has 3 N–H and O–H groups in total. The molecule has 2 aromatic heterocycles. The Labute approximate surface area is 111 Å². The summed E-state index contributed by atoms with van der Waals surface area (Å²) in [5.74, 6) is 1.39. The van der Waals surface area contributed by atoms with E-state index in [0.29, 0.717) is 31.3 Å². The fourth-order valence-corrected chi connectivity index (χ4v) is 1.69. The van der Waals surface area contributed by atoms with Crippen molar-refractivity contribution < 1.29 is 4.74 Å². The zero-order valence-corrected chi connectivity index (χ0v) is 11.1. The maximum Gasteiger partial charge on any atom is 0.221 e. The number of aromatic nitrogens is 4. The summed E-state index contributed by atoms with van der Waals surface area (Å²) in [6, 6.07) is 0. The Balaban J connectivity index is 1.94. The molecule has 0 atom stereocenters. The van der Waals surface area contributed by atoms with Crippen LogP contribution >= 0.6 is 0 Å². The van der Waals surface area contributed by atoms with Crippen LogP contribution in [0.5, 0.6) is 5.88 Å². The first-order valence-corrected chi connectivity index (χ1v) is 6.17. The Morgan fingerprint density at radius 1 is 1.42 bits per heavy atom. The van der Waals surface area contributed by atoms with Crippen molar-refractivity contribution >= 4 is 11.5 Å². The first-order valence-electron chi connectivity index (χ1n) is 6.17. The van der Waals surface area contributed by atoms with E-state index < -0.39 is 0 Å². The van der Waals surface area contributed by atoms with Gasteiger partial charge < -0.3 is 15.8 Å². The molecule has 2 aromatic rings. The van der Waals surface area contributed by atoms with Gasteiger partial charge in [-0.15, -0.1) is 0 Å². The molecule has 0 amide bonds. The van der Waals surface area contributed by atoms with Gasteiger partial charge in [-0.05, 0) is 13.8 Å². The third-order valence-corrected chi connectivity index (χ3v) is 2.61. The summed E-state index contributed by atoms with van der Waals surface area (Å²) in [5.41, 5.74) is 7.17. The highest BCUT2D eigenvalue weighted by Gasteiger charge is 2.07. The van der Waals surface area contributed by atoms with Gasteiger partial charge in [0.2, 0.25) is 5.88 Å². The fourth-order valence-electron chi connectivity index (χ4n) is 1.69. The molecule has 0 aliphatic rings. The molecule has 2 rings (SSSR count). The Hall–Kier alpha value is -2.31. The molecule has 0 saturated heterocycles. The average molecular weight is 262 g/mol. The lowest BCUT2D eigenvalue weighted by Gasteiger charge is -2.11. The highest BCUT2D eigenvalue weighted by atomic mass is 16.5. The summed E-state index contributed by atoms with van der Waals surface area (Å²) < 4.78 is 7.20. The summed E-state index contributed by atoms with van der Waals surface area (Å²) in [4.78, 5) is 8.29. The van der Waals surface area contributed by atoms with E-state index in [1.165, 1.54) is 6.33 Å². The van der Waals surface area contributed by atoms with Gasteiger partial charge in [0.15, 0.2) is 0 Å². The topological polar surface area (TPSA) is 90.9 Å². The number of nitrogen functional groups attached to an aromatic ring is 1. The van der Waals surface area contributed by atoms with Gasteiger partial charge in [-0.3, -0.25) is 4.68 Å². The van der Waals surface area contributed by atoms with Gasteiger partial charge in [0.1, 0.15) is 12.1 Å². The van der Waals surface area contributed by atoms with Crippen LogP contribution in [0, 0.1) is 6.92 Å². The van der Waals surface area contributed by atoms with Gasteiger partial charge in [-0.2, -0.15) is 5.10 Å². The molecular weight excluding hydrogens is 244 g/mol. The number of ether oxygens (including phenoxy) is 1. The van der Waals surface area contributed by atoms with Crippen molar-refractivity contribution in [2.24, 2.45) is 0 Å². The fraction of sp³-hybridized carbons (Fsp3) is 0.417. The van der Waals surface area contributed by atoms with E-state index in [-0.39, 0.29) is 0 Å². The molecule has 7 heteroatoms. The van der Waals surface area contributed by atoms with Crippen LogP contribution in [0.1, 0.15) is 12.5 Å². The number of nitrogens with two attached hydrogens (primary N) is 1. The van der Waals surface area contributed by atoms with Gasteiger partial charge in [0.05, 0.1) is 30.6 Å². The van der Waals surface area contributed by atoms with Crippen LogP contribution in [0.3, 0.4) is 0 Å². The van der Waals surface area contributed by atoms with Gasteiger partial charge >= 0.3 is 0 Å². The van der Waals surface area contributed by atoms with Crippen LogP contribution in [0.15, 0.2) is 18.7 Å². The quantitative estimate of drug-likeness (QED) is 0.809. The number of hydrogen-bond donors (Lipinski definition) is 2. The molecular formula is C12H18N6O. The Morgan fingerprint density at radius 2 is 2.26 bits per heavy atom. The molecule has 0 radical (unpaired) electrons. The average Bonchev–Trinajstić information content (AvgIpc) is 2.80. The van der Waals surface area contributed by atoms with E-state index in [1.807, 2.05) is 13.8 Å². The molecule has 0 spiro atoms. The lowest BCUT2D eigenvalue weighted by Crippen LogP contribution is -2.13. The molecule has 0 aliphatic heterocycles. The molecule has 2 heterocycles. The molecule has 102 valence electrons. The van der Waals surface area contributed by atoms with Crippen LogP contribution in [-0.4, -0.2) is 32.9 Å². The highest BCUT2D eigenvalue weighted by molar-refractivity contribution is 5.47. The van der Waals surface area contributed by atoms with Crippen LogP contribution < -0.4 is 15.8 Å². The van der Waals surface area contributed by atoms with Crippen molar-refractivity contribution in [2.75, 3.05) is 24.2 Å². The van der Waals surface area contributed by atoms with Crippen molar-refractivity contribution in [3.05, 3.63) is 24.3 Å². The normalized spacial score (nSPS) is 10.4. The molecule has 0 bridgehead atoms. The first kappa shape index (κ1) is 13.1. The van der Waals surface area contributed by atoms with Crippen molar-refractivity contribution in [1.82, 2.24) is 19.7 Å². The van der Waals surface area contributed by atoms with Gasteiger partial charge in [0, 0.05) is 12.7 Å². The largest absolute Gasteiger partial charge is 0.478 e. The molecule has 0 fully saturated rings. The van der Waals surface area contributed by atoms with Crippen LogP contribution in [0.4, 0.5) is 11.5 Å². The zero-order chi connectivity index (χ0) is 13.7. The molecule has 19 heavy (non-hydrogen) atoms. The lowest BCUT2D eigenvalue weighted by atomic mass is 10.3. The Kier molecular flexibility index (Phi) is 4.17. The number of nitrogens with one attached hydrogen (secondary N) is 1. The van der Waals surface area contributed by atoms with Crippen molar-refractivity contribution in [1.29, 1.82) is 0 Å². The first-order chi connectivity index (χ1) is 9.20. The molecule has 7 nitrogen and oxygen atoms in total. The maximum atomic E-state index is 5.60. The number of anilines is 2. The van der Waals surface area contributed by atoms with E-state index >= 15 is 0 Å². The van der Waals surface area contributed by atoms with E-state index in [1.54, 1.807) is 17.1 Å². The second-order valence-electron chi connectivity index (χ2n) is 4.05. The summed E-state index contributed by atoms with van der Waals surface area (Å²) in [6.45, 7) is 5.86. The second kappa shape index (κ2) is 6.03. The highest BCUT2D eigenvalue weighted by Crippen LogP contribution is 2.19. The van der Waals surface area contributed by atoms with Crippen molar-refractivity contribution in [3.63, 3.8) is 0 Å². The van der Waals surface area contributed by atoms with Gasteiger partial charge in [-0.25, -0.2) is 9.97 Å². The van der Waals surface area contributed by atoms with E-state index in [9.17, 15) is 0 Å². The predicted molar refractivity (Wildman–Crippen MR) is 73.1 cm³/mol. The van der Waals surface area contributed by atoms with Crippen LogP contribution in [-0.2, 0) is 6.54 Å². The van der Waals surface area contributed by atoms with Crippen molar-refractivity contribution in [2.45, 2.75) is 20.4 Å². The molecule has 0 unspecified atom stereocenters. The van der Waals surface area contributed by atoms with Crippen molar-refractivity contribution in [3.8, 4) is 5.88 Å². The van der Waals surface area contributed by atoms with E-state index in [4.69, 9.17) is 10.5 Å². The SMILES string of the molecule is CCOc1ncnc(NCCn2cc(N)cn2)c1C. The van der Waals surface area contributed by atoms with Gasteiger partial charge in [0.25, 0.3) is 0 Å². The smallest absolute Gasteiger partial charge is 0.221 e. The molecule has 0 aliphatic carbocycles. The minimum atomic E-state index is 0.587. The standard InChI is InChI=1S/C12H18N6O/c1-3-19-12-9(2)11(15-8-16-12)14-4-5-18-7-10(13)6-17-18/h6-8H,3-5,13H2,1-2H3,(H,14,15,16). The Bertz CT molecular complexity index is 539. The van der Waals surface area contributed by atoms with E-state index in [0.717, 1.165) is 11.4 Å². The number of hydrogen-bond acceptors (Lipinski definition) is 6. The zero-order valence-electron chi connectivity index (χ0n) is 11.1. The summed E-state index contributed by atoms with van der Waals surface area (Å²) in [5, 5.41) is 7.35. The third kappa shape index (κ3) is 3.34. The Morgan fingerprint density at radius 3 is 2.95 bits per heavy atom. The predicted octanol–water partition coefficient (Wildman–Crippen LogP) is 1.07. The minimum Gasteiger partial charge on any atom is -0.478 e. The molecule has 0 saturated carbocycles. The number of nitrogens with zero attached hydrogens (tertiary/aromatic N) is 4. The summed E-state index contributed by atoms with van der Waals surface area (Å²) in [6.07, 6.45) is 4.91. The summed E-state index contributed by atoms with van der Waals surface area (Å²) in [7, 11) is 0. The third-order valence-electron chi connectivity index (χ3n) is 2.61. The van der Waals surface area contributed by atoms with Crippen LogP contribution in [0.25, 0.3) is 0 Å². The molecule has 0 aromatic carbocycles. The minimum absolute atomic E-state index is 0.587. The van der Waals surface area contributed by atoms with Crippen LogP contribution in [0.2, 0.25) is 0 Å². The second-order valence-corrected chi connectivity index (χ2v) is 4.05.